The first-order chi connectivity index (χ1) is 16.2. The second-order valence-electron chi connectivity index (χ2n) is 14.8. The molecule has 0 spiro atoms. The molecule has 11 atom stereocenters. The Kier molecular flexibility index (Phi) is 6.00. The summed E-state index contributed by atoms with van der Waals surface area (Å²) in [4.78, 5) is 0. The first-order valence-electron chi connectivity index (χ1n) is 15.1. The lowest BCUT2D eigenvalue weighted by Crippen LogP contribution is -2.62. The van der Waals surface area contributed by atoms with Crippen LogP contribution in [-0.4, -0.2) is 64.3 Å². The van der Waals surface area contributed by atoms with E-state index in [1.807, 2.05) is 0 Å². The lowest BCUT2D eigenvalue weighted by molar-refractivity contribution is -0.943. The van der Waals surface area contributed by atoms with Gasteiger partial charge in [-0.1, -0.05) is 20.8 Å². The summed E-state index contributed by atoms with van der Waals surface area (Å²) < 4.78 is 1.38. The van der Waals surface area contributed by atoms with Crippen molar-refractivity contribution in [1.29, 1.82) is 0 Å². The summed E-state index contributed by atoms with van der Waals surface area (Å²) in [6, 6.07) is 0. The average Bonchev–Trinajstić information content (AvgIpc) is 3.19. The number of fused-ring (bicyclic) bond motifs is 8. The molecule has 0 aromatic rings. The SMILES string of the molecule is C[C@H](CC[N+]12CCC(CC1)CC2)[C@H]1CC[C@H]2[C@@H]3[C@H](O)CC4C[C@H](O)CC[C@]4(C)[C@H]3C[C@H](O)[C@]12C. The summed E-state index contributed by atoms with van der Waals surface area (Å²) in [6.07, 6.45) is 11.9. The molecule has 0 aromatic heterocycles. The summed E-state index contributed by atoms with van der Waals surface area (Å²) >= 11 is 0. The summed E-state index contributed by atoms with van der Waals surface area (Å²) in [5.41, 5.74) is 0.124. The molecule has 7 rings (SSSR count). The van der Waals surface area contributed by atoms with Gasteiger partial charge in [-0.15, -0.1) is 0 Å². The van der Waals surface area contributed by atoms with Crippen molar-refractivity contribution in [2.45, 2.75) is 110 Å². The Labute approximate surface area is 208 Å². The zero-order valence-electron chi connectivity index (χ0n) is 22.2. The van der Waals surface area contributed by atoms with E-state index in [1.54, 1.807) is 0 Å². The van der Waals surface area contributed by atoms with Crippen LogP contribution in [0.4, 0.5) is 0 Å². The van der Waals surface area contributed by atoms with Crippen LogP contribution < -0.4 is 0 Å². The van der Waals surface area contributed by atoms with Gasteiger partial charge in [-0.3, -0.25) is 0 Å². The topological polar surface area (TPSA) is 60.7 Å². The first-order valence-corrected chi connectivity index (χ1v) is 15.1. The Morgan fingerprint density at radius 1 is 0.853 bits per heavy atom. The number of hydrogen-bond donors (Lipinski definition) is 3. The van der Waals surface area contributed by atoms with Crippen molar-refractivity contribution >= 4 is 0 Å². The minimum atomic E-state index is -0.257. The summed E-state index contributed by atoms with van der Waals surface area (Å²) in [5.74, 6) is 3.86. The standard InChI is InChI=1S/C30H52NO3/c1-19(7-12-31-13-8-20(9-14-31)10-15-31)23-4-5-24-28-25(18-27(34)30(23,24)3)29(2)11-6-22(32)16-21(29)17-26(28)33/h19-28,32-34H,4-18H2,1-3H3/q+1/t19-,20?,21?,22-,23-,24+,25+,26-,27+,28+,29+,30-,31?/m1/s1. The molecule has 0 aromatic carbocycles. The largest absolute Gasteiger partial charge is 0.393 e. The van der Waals surface area contributed by atoms with Crippen molar-refractivity contribution in [3.63, 3.8) is 0 Å². The minimum absolute atomic E-state index is 0.0478. The molecule has 1 unspecified atom stereocenters. The second-order valence-corrected chi connectivity index (χ2v) is 14.8. The highest BCUT2D eigenvalue weighted by molar-refractivity contribution is 5.14. The molecule has 0 amide bonds. The van der Waals surface area contributed by atoms with Crippen LogP contribution in [0.5, 0.6) is 0 Å². The Morgan fingerprint density at radius 3 is 2.26 bits per heavy atom. The van der Waals surface area contributed by atoms with Gasteiger partial charge in [0.15, 0.2) is 0 Å². The molecule has 34 heavy (non-hydrogen) atoms. The quantitative estimate of drug-likeness (QED) is 0.522. The number of aliphatic hydroxyl groups is 3. The van der Waals surface area contributed by atoms with Crippen LogP contribution in [0.25, 0.3) is 0 Å². The predicted molar refractivity (Wildman–Crippen MR) is 135 cm³/mol. The van der Waals surface area contributed by atoms with Gasteiger partial charge in [-0.2, -0.15) is 0 Å². The van der Waals surface area contributed by atoms with E-state index in [0.29, 0.717) is 35.5 Å². The maximum Gasteiger partial charge on any atom is 0.0789 e. The van der Waals surface area contributed by atoms with Crippen LogP contribution in [0.2, 0.25) is 0 Å². The van der Waals surface area contributed by atoms with Crippen molar-refractivity contribution in [3.8, 4) is 0 Å². The zero-order chi connectivity index (χ0) is 23.9. The van der Waals surface area contributed by atoms with Crippen molar-refractivity contribution in [2.75, 3.05) is 26.2 Å². The highest BCUT2D eigenvalue weighted by Crippen LogP contribution is 2.68. The van der Waals surface area contributed by atoms with E-state index in [-0.39, 0.29) is 29.1 Å². The van der Waals surface area contributed by atoms with Gasteiger partial charge in [0.25, 0.3) is 0 Å². The smallest absolute Gasteiger partial charge is 0.0789 e. The van der Waals surface area contributed by atoms with Crippen LogP contribution >= 0.6 is 0 Å². The van der Waals surface area contributed by atoms with Crippen LogP contribution in [0, 0.1) is 52.3 Å². The van der Waals surface area contributed by atoms with E-state index >= 15 is 0 Å². The predicted octanol–water partition coefficient (Wildman–Crippen LogP) is 4.60. The van der Waals surface area contributed by atoms with Gasteiger partial charge < -0.3 is 19.8 Å². The van der Waals surface area contributed by atoms with Crippen molar-refractivity contribution in [3.05, 3.63) is 0 Å². The number of aliphatic hydroxyl groups excluding tert-OH is 3. The Morgan fingerprint density at radius 2 is 1.56 bits per heavy atom. The van der Waals surface area contributed by atoms with E-state index in [4.69, 9.17) is 0 Å². The first kappa shape index (κ1) is 24.2. The average molecular weight is 475 g/mol. The number of rotatable bonds is 4. The fourth-order valence-corrected chi connectivity index (χ4v) is 11.3. The lowest BCUT2D eigenvalue weighted by Gasteiger charge is -2.63. The normalized spacial score (nSPS) is 57.5. The van der Waals surface area contributed by atoms with Crippen LogP contribution in [-0.2, 0) is 0 Å². The molecule has 7 aliphatic rings. The molecule has 4 aliphatic carbocycles. The Bertz CT molecular complexity index is 750. The summed E-state index contributed by atoms with van der Waals surface area (Å²) in [6.45, 7) is 12.9. The van der Waals surface area contributed by atoms with Gasteiger partial charge in [0.05, 0.1) is 44.5 Å². The molecule has 4 heteroatoms. The van der Waals surface area contributed by atoms with E-state index < -0.39 is 0 Å². The molecule has 3 N–H and O–H groups in total. The maximum atomic E-state index is 11.8. The monoisotopic (exact) mass is 474 g/mol. The molecule has 4 saturated carbocycles. The highest BCUT2D eigenvalue weighted by atomic mass is 16.3. The van der Waals surface area contributed by atoms with E-state index in [2.05, 4.69) is 20.8 Å². The van der Waals surface area contributed by atoms with Gasteiger partial charge in [-0.25, -0.2) is 0 Å². The fourth-order valence-electron chi connectivity index (χ4n) is 11.3. The van der Waals surface area contributed by atoms with Gasteiger partial charge in [-0.05, 0) is 123 Å². The second kappa shape index (κ2) is 8.43. The van der Waals surface area contributed by atoms with E-state index in [1.165, 1.54) is 69.2 Å². The highest BCUT2D eigenvalue weighted by Gasteiger charge is 2.65. The third-order valence-electron chi connectivity index (χ3n) is 13.6. The minimum Gasteiger partial charge on any atom is -0.393 e. The Balaban J connectivity index is 1.20. The van der Waals surface area contributed by atoms with Gasteiger partial charge in [0, 0.05) is 0 Å². The molecule has 0 radical (unpaired) electrons. The number of hydrogen-bond acceptors (Lipinski definition) is 3. The fraction of sp³-hybridized carbons (Fsp3) is 1.00. The van der Waals surface area contributed by atoms with E-state index in [9.17, 15) is 15.3 Å². The van der Waals surface area contributed by atoms with Crippen molar-refractivity contribution < 1.29 is 19.8 Å². The molecule has 2 bridgehead atoms. The molecule has 3 aliphatic heterocycles. The number of piperidine rings is 3. The molecule has 4 nitrogen and oxygen atoms in total. The number of quaternary nitrogens is 1. The van der Waals surface area contributed by atoms with Gasteiger partial charge in [0.1, 0.15) is 0 Å². The lowest BCUT2D eigenvalue weighted by atomic mass is 9.43. The molecule has 194 valence electrons. The Hall–Kier alpha value is -0.160. The molecular formula is C30H52NO3+. The van der Waals surface area contributed by atoms with Crippen LogP contribution in [0.1, 0.15) is 91.4 Å². The van der Waals surface area contributed by atoms with Crippen LogP contribution in [0.15, 0.2) is 0 Å². The van der Waals surface area contributed by atoms with Crippen molar-refractivity contribution in [2.24, 2.45) is 52.3 Å². The third-order valence-corrected chi connectivity index (χ3v) is 13.6. The van der Waals surface area contributed by atoms with Gasteiger partial charge in [0.2, 0.25) is 0 Å². The molecule has 7 fully saturated rings. The molecule has 3 saturated heterocycles. The maximum absolute atomic E-state index is 11.8. The van der Waals surface area contributed by atoms with Gasteiger partial charge >= 0.3 is 0 Å². The summed E-state index contributed by atoms with van der Waals surface area (Å²) in [7, 11) is 0. The van der Waals surface area contributed by atoms with Crippen molar-refractivity contribution in [1.82, 2.24) is 0 Å². The summed E-state index contributed by atoms with van der Waals surface area (Å²) in [5, 5.41) is 33.7. The zero-order valence-corrected chi connectivity index (χ0v) is 22.2. The molecule has 3 heterocycles. The molecular weight excluding hydrogens is 422 g/mol. The van der Waals surface area contributed by atoms with E-state index in [0.717, 1.165) is 38.0 Å². The number of nitrogens with zero attached hydrogens (tertiary/aromatic N) is 1. The third kappa shape index (κ3) is 3.51. The van der Waals surface area contributed by atoms with Crippen LogP contribution in [0.3, 0.4) is 0 Å².